The molecule has 2 fully saturated rings. The molecule has 0 saturated carbocycles. The van der Waals surface area contributed by atoms with Gasteiger partial charge in [0, 0.05) is 26.2 Å². The third-order valence-electron chi connectivity index (χ3n) is 5.57. The zero-order chi connectivity index (χ0) is 21.2. The molecule has 0 aromatic heterocycles. The van der Waals surface area contributed by atoms with E-state index in [-0.39, 0.29) is 23.8 Å². The fourth-order valence-electron chi connectivity index (χ4n) is 4.07. The molecule has 0 aliphatic carbocycles. The maximum absolute atomic E-state index is 13.2. The second-order valence-electron chi connectivity index (χ2n) is 8.22. The molecule has 2 saturated heterocycles. The molecule has 2 aliphatic heterocycles. The number of rotatable bonds is 6. The number of piperidine rings is 1. The average Bonchev–Trinajstić information content (AvgIpc) is 2.90. The lowest BCUT2D eigenvalue weighted by atomic mass is 9.85. The Kier molecular flexibility index (Phi) is 6.12. The number of aryl methyl sites for hydroxylation is 1. The maximum Gasteiger partial charge on any atom is 0.325 e. The predicted molar refractivity (Wildman–Crippen MR) is 109 cm³/mol. The molecule has 0 bridgehead atoms. The molecule has 3 N–H and O–H groups in total. The smallest absolute Gasteiger partial charge is 0.325 e. The van der Waals surface area contributed by atoms with Crippen molar-refractivity contribution in [1.29, 1.82) is 0 Å². The zero-order valence-electron chi connectivity index (χ0n) is 17.4. The first-order valence-electron chi connectivity index (χ1n) is 10.1. The number of nitrogens with zero attached hydrogens (tertiary/aromatic N) is 2. The highest BCUT2D eigenvalue weighted by molar-refractivity contribution is 6.07. The van der Waals surface area contributed by atoms with E-state index in [0.29, 0.717) is 56.9 Å². The molecule has 1 aromatic carbocycles. The van der Waals surface area contributed by atoms with E-state index < -0.39 is 5.54 Å². The van der Waals surface area contributed by atoms with Crippen molar-refractivity contribution in [3.05, 3.63) is 29.3 Å². The Bertz CT molecular complexity index is 800. The number of carbonyl (C=O) groups is 3. The topological polar surface area (TPSA) is 105 Å². The van der Waals surface area contributed by atoms with Crippen LogP contribution in [0.2, 0.25) is 0 Å². The van der Waals surface area contributed by atoms with Gasteiger partial charge >= 0.3 is 6.03 Å². The van der Waals surface area contributed by atoms with Gasteiger partial charge in [0.05, 0.1) is 5.56 Å². The molecule has 0 atom stereocenters. The van der Waals surface area contributed by atoms with Crippen LogP contribution in [-0.4, -0.2) is 66.0 Å². The molecular formula is C21H30N4O4. The number of imide groups is 1. The third-order valence-corrected chi connectivity index (χ3v) is 5.57. The van der Waals surface area contributed by atoms with Gasteiger partial charge in [-0.15, -0.1) is 0 Å². The maximum atomic E-state index is 13.2. The summed E-state index contributed by atoms with van der Waals surface area (Å²) in [6.07, 6.45) is 0.849. The SMILES string of the molecule is Cc1ccc(OCCN)c(C(=O)N2CCC3(CC2)C(=O)NC(=O)N3CC(C)C)c1. The van der Waals surface area contributed by atoms with Crippen molar-refractivity contribution in [2.75, 3.05) is 32.8 Å². The van der Waals surface area contributed by atoms with E-state index in [1.807, 2.05) is 32.9 Å². The number of hydrogen-bond acceptors (Lipinski definition) is 5. The summed E-state index contributed by atoms with van der Waals surface area (Å²) in [6, 6.07) is 5.16. The first-order valence-corrected chi connectivity index (χ1v) is 10.1. The molecule has 8 heteroatoms. The number of amides is 4. The van der Waals surface area contributed by atoms with Crippen molar-refractivity contribution in [1.82, 2.24) is 15.1 Å². The van der Waals surface area contributed by atoms with E-state index in [1.165, 1.54) is 0 Å². The number of likely N-dealkylation sites (tertiary alicyclic amines) is 1. The summed E-state index contributed by atoms with van der Waals surface area (Å²) in [5.41, 5.74) is 6.13. The summed E-state index contributed by atoms with van der Waals surface area (Å²) in [4.78, 5) is 41.5. The minimum absolute atomic E-state index is 0.129. The quantitative estimate of drug-likeness (QED) is 0.702. The second kappa shape index (κ2) is 8.41. The van der Waals surface area contributed by atoms with E-state index in [1.54, 1.807) is 15.9 Å². The molecule has 8 nitrogen and oxygen atoms in total. The van der Waals surface area contributed by atoms with Crippen molar-refractivity contribution < 1.29 is 19.1 Å². The Morgan fingerprint density at radius 3 is 2.59 bits per heavy atom. The van der Waals surface area contributed by atoms with Crippen LogP contribution < -0.4 is 15.8 Å². The minimum Gasteiger partial charge on any atom is -0.491 e. The zero-order valence-corrected chi connectivity index (χ0v) is 17.4. The van der Waals surface area contributed by atoms with Gasteiger partial charge in [0.1, 0.15) is 17.9 Å². The van der Waals surface area contributed by atoms with Crippen molar-refractivity contribution in [3.63, 3.8) is 0 Å². The number of urea groups is 1. The standard InChI is InChI=1S/C21H30N4O4/c1-14(2)13-25-20(28)23-19(27)21(25)6-9-24(10-7-21)18(26)16-12-15(3)4-5-17(16)29-11-8-22/h4-5,12,14H,6-11,13,22H2,1-3H3,(H,23,27,28). The lowest BCUT2D eigenvalue weighted by Crippen LogP contribution is -2.58. The van der Waals surface area contributed by atoms with E-state index >= 15 is 0 Å². The Labute approximate surface area is 171 Å². The van der Waals surface area contributed by atoms with E-state index in [0.717, 1.165) is 5.56 Å². The minimum atomic E-state index is -0.858. The van der Waals surface area contributed by atoms with Gasteiger partial charge in [-0.3, -0.25) is 14.9 Å². The third kappa shape index (κ3) is 4.07. The summed E-state index contributed by atoms with van der Waals surface area (Å²) >= 11 is 0. The number of benzene rings is 1. The summed E-state index contributed by atoms with van der Waals surface area (Å²) in [7, 11) is 0. The largest absolute Gasteiger partial charge is 0.491 e. The number of nitrogens with one attached hydrogen (secondary N) is 1. The Morgan fingerprint density at radius 1 is 1.28 bits per heavy atom. The molecule has 29 heavy (non-hydrogen) atoms. The van der Waals surface area contributed by atoms with Crippen molar-refractivity contribution in [2.24, 2.45) is 11.7 Å². The Hall–Kier alpha value is -2.61. The van der Waals surface area contributed by atoms with Crippen LogP contribution >= 0.6 is 0 Å². The predicted octanol–water partition coefficient (Wildman–Crippen LogP) is 1.52. The van der Waals surface area contributed by atoms with Gasteiger partial charge < -0.3 is 20.3 Å². The van der Waals surface area contributed by atoms with Crippen LogP contribution in [0.5, 0.6) is 5.75 Å². The molecule has 0 unspecified atom stereocenters. The number of nitrogens with two attached hydrogens (primary N) is 1. The molecular weight excluding hydrogens is 372 g/mol. The van der Waals surface area contributed by atoms with Gasteiger partial charge in [-0.05, 0) is 37.8 Å². The molecule has 3 rings (SSSR count). The Balaban J connectivity index is 1.77. The fourth-order valence-corrected chi connectivity index (χ4v) is 4.07. The van der Waals surface area contributed by atoms with Crippen LogP contribution in [-0.2, 0) is 4.79 Å². The molecule has 4 amide bonds. The first-order chi connectivity index (χ1) is 13.8. The number of ether oxygens (including phenoxy) is 1. The van der Waals surface area contributed by atoms with E-state index in [4.69, 9.17) is 10.5 Å². The first kappa shape index (κ1) is 21.1. The molecule has 2 heterocycles. The van der Waals surface area contributed by atoms with E-state index in [2.05, 4.69) is 5.32 Å². The average molecular weight is 402 g/mol. The monoisotopic (exact) mass is 402 g/mol. The van der Waals surface area contributed by atoms with Crippen molar-refractivity contribution in [2.45, 2.75) is 39.2 Å². The molecule has 2 aliphatic rings. The van der Waals surface area contributed by atoms with Crippen molar-refractivity contribution >= 4 is 17.8 Å². The lowest BCUT2D eigenvalue weighted by molar-refractivity contribution is -0.129. The Morgan fingerprint density at radius 2 is 1.97 bits per heavy atom. The second-order valence-corrected chi connectivity index (χ2v) is 8.22. The summed E-state index contributed by atoms with van der Waals surface area (Å²) in [6.45, 7) is 7.97. The van der Waals surface area contributed by atoms with Gasteiger partial charge in [-0.2, -0.15) is 0 Å². The highest BCUT2D eigenvalue weighted by atomic mass is 16.5. The highest BCUT2D eigenvalue weighted by Crippen LogP contribution is 2.35. The van der Waals surface area contributed by atoms with Crippen LogP contribution in [0.3, 0.4) is 0 Å². The van der Waals surface area contributed by atoms with Gasteiger partial charge in [-0.1, -0.05) is 25.5 Å². The number of hydrogen-bond donors (Lipinski definition) is 2. The molecule has 158 valence electrons. The van der Waals surface area contributed by atoms with Crippen LogP contribution in [0.4, 0.5) is 4.79 Å². The molecule has 0 radical (unpaired) electrons. The van der Waals surface area contributed by atoms with Crippen LogP contribution in [0, 0.1) is 12.8 Å². The fraction of sp³-hybridized carbons (Fsp3) is 0.571. The van der Waals surface area contributed by atoms with Gasteiger partial charge in [0.15, 0.2) is 0 Å². The molecule has 1 aromatic rings. The summed E-state index contributed by atoms with van der Waals surface area (Å²) in [5.74, 6) is 0.382. The van der Waals surface area contributed by atoms with Gasteiger partial charge in [-0.25, -0.2) is 4.79 Å². The molecule has 1 spiro atoms. The van der Waals surface area contributed by atoms with E-state index in [9.17, 15) is 14.4 Å². The number of carbonyl (C=O) groups excluding carboxylic acids is 3. The van der Waals surface area contributed by atoms with Crippen LogP contribution in [0.15, 0.2) is 18.2 Å². The van der Waals surface area contributed by atoms with Gasteiger partial charge in [0.25, 0.3) is 11.8 Å². The van der Waals surface area contributed by atoms with Crippen LogP contribution in [0.1, 0.15) is 42.6 Å². The van der Waals surface area contributed by atoms with Crippen molar-refractivity contribution in [3.8, 4) is 5.75 Å². The summed E-state index contributed by atoms with van der Waals surface area (Å²) in [5, 5.41) is 2.46. The normalized spacial score (nSPS) is 18.5. The van der Waals surface area contributed by atoms with Gasteiger partial charge in [0.2, 0.25) is 0 Å². The summed E-state index contributed by atoms with van der Waals surface area (Å²) < 4.78 is 5.65. The lowest BCUT2D eigenvalue weighted by Gasteiger charge is -2.42. The van der Waals surface area contributed by atoms with Crippen LogP contribution in [0.25, 0.3) is 0 Å². The highest BCUT2D eigenvalue weighted by Gasteiger charge is 2.54.